The summed E-state index contributed by atoms with van der Waals surface area (Å²) in [5.74, 6) is 1.27. The molecule has 7 aromatic heterocycles. The molecule has 1 aliphatic carbocycles. The molecule has 7 heterocycles. The molecule has 0 saturated carbocycles. The van der Waals surface area contributed by atoms with E-state index in [4.69, 9.17) is 34.9 Å². The Morgan fingerprint density at radius 2 is 0.807 bits per heavy atom. The van der Waals surface area contributed by atoms with Crippen molar-refractivity contribution >= 4 is 44.1 Å². The van der Waals surface area contributed by atoms with Gasteiger partial charge in [0.2, 0.25) is 11.9 Å². The second-order valence-electron chi connectivity index (χ2n) is 14.2. The van der Waals surface area contributed by atoms with Crippen LogP contribution in [0.2, 0.25) is 0 Å². The number of nitrogens with zero attached hydrogens (tertiary/aromatic N) is 9. The van der Waals surface area contributed by atoms with Crippen molar-refractivity contribution < 1.29 is 0 Å². The van der Waals surface area contributed by atoms with E-state index in [9.17, 15) is 0 Å². The van der Waals surface area contributed by atoms with Crippen molar-refractivity contribution in [1.82, 2.24) is 44.0 Å². The zero-order chi connectivity index (χ0) is 37.5. The third-order valence-electron chi connectivity index (χ3n) is 11.3. The summed E-state index contributed by atoms with van der Waals surface area (Å²) in [5, 5.41) is 3.82. The van der Waals surface area contributed by atoms with Crippen LogP contribution in [0.25, 0.3) is 78.5 Å². The fourth-order valence-corrected chi connectivity index (χ4v) is 8.99. The summed E-state index contributed by atoms with van der Waals surface area (Å²) >= 11 is 0. The predicted octanol–water partition coefficient (Wildman–Crippen LogP) is 9.68. The maximum absolute atomic E-state index is 5.26. The van der Waals surface area contributed by atoms with Gasteiger partial charge in [-0.15, -0.1) is 0 Å². The summed E-state index contributed by atoms with van der Waals surface area (Å²) in [6, 6.07) is 52.9. The number of pyridine rings is 4. The van der Waals surface area contributed by atoms with Gasteiger partial charge in [0.25, 0.3) is 0 Å². The highest BCUT2D eigenvalue weighted by Gasteiger charge is 2.46. The van der Waals surface area contributed by atoms with Crippen molar-refractivity contribution in [2.24, 2.45) is 0 Å². The lowest BCUT2D eigenvalue weighted by atomic mass is 9.67. The van der Waals surface area contributed by atoms with E-state index in [0.29, 0.717) is 40.3 Å². The van der Waals surface area contributed by atoms with Crippen molar-refractivity contribution in [3.05, 3.63) is 199 Å². The summed E-state index contributed by atoms with van der Waals surface area (Å²) in [6.07, 6.45) is 7.13. The zero-order valence-corrected chi connectivity index (χ0v) is 30.3. The molecule has 0 atom stereocenters. The van der Waals surface area contributed by atoms with Crippen molar-refractivity contribution in [2.45, 2.75) is 5.41 Å². The maximum atomic E-state index is 5.26. The number of hydrogen-bond acceptors (Lipinski definition) is 7. The number of fused-ring (bicyclic) bond motifs is 9. The highest BCUT2D eigenvalue weighted by Crippen LogP contribution is 2.56. The van der Waals surface area contributed by atoms with Gasteiger partial charge in [-0.05, 0) is 88.0 Å². The molecule has 11 aromatic rings. The topological polar surface area (TPSA) is 100 Å². The quantitative estimate of drug-likeness (QED) is 0.174. The smallest absolute Gasteiger partial charge is 0.242 e. The van der Waals surface area contributed by atoms with Crippen LogP contribution in [0, 0.1) is 0 Å². The SMILES string of the molecule is c1ccc(C2(c3ccccc3)c3ccccc3-c3cc(-c4nc(-n5c6ncccc6c6cccnc65)nc(-n5c6ncccc6c6cccnc65)n4)ccc32)cc1. The largest absolute Gasteiger partial charge is 0.245 e. The fourth-order valence-electron chi connectivity index (χ4n) is 8.99. The van der Waals surface area contributed by atoms with Crippen LogP contribution >= 0.6 is 0 Å². The molecule has 12 rings (SSSR count). The van der Waals surface area contributed by atoms with Gasteiger partial charge >= 0.3 is 0 Å². The average Bonchev–Trinajstić information content (AvgIpc) is 3.91. The fraction of sp³-hybridized carbons (Fsp3) is 0.0208. The molecule has 0 fully saturated rings. The molecule has 57 heavy (non-hydrogen) atoms. The minimum Gasteiger partial charge on any atom is -0.245 e. The summed E-state index contributed by atoms with van der Waals surface area (Å²) in [6.45, 7) is 0. The summed E-state index contributed by atoms with van der Waals surface area (Å²) in [4.78, 5) is 35.0. The third-order valence-corrected chi connectivity index (χ3v) is 11.3. The van der Waals surface area contributed by atoms with E-state index in [2.05, 4.69) is 127 Å². The maximum Gasteiger partial charge on any atom is 0.242 e. The first-order valence-electron chi connectivity index (χ1n) is 18.8. The van der Waals surface area contributed by atoms with Crippen molar-refractivity contribution in [3.8, 4) is 34.4 Å². The van der Waals surface area contributed by atoms with Crippen molar-refractivity contribution in [2.75, 3.05) is 0 Å². The number of benzene rings is 4. The second kappa shape index (κ2) is 12.0. The van der Waals surface area contributed by atoms with Crippen LogP contribution in [0.3, 0.4) is 0 Å². The van der Waals surface area contributed by atoms with Crippen LogP contribution in [0.1, 0.15) is 22.3 Å². The Hall–Kier alpha value is -7.91. The Balaban J connectivity index is 1.16. The molecule has 266 valence electrons. The van der Waals surface area contributed by atoms with E-state index in [1.165, 1.54) is 27.8 Å². The molecule has 0 N–H and O–H groups in total. The van der Waals surface area contributed by atoms with Gasteiger partial charge < -0.3 is 0 Å². The standard InChI is InChI=1S/C48H29N9/c1-3-13-31(14-4-1)48(32-15-5-2-6-16-32)39-22-8-7-17-33(39)38-29-30(23-24-40(38)48)41-53-46(56-42-34(18-9-25-49-42)35-19-10-26-50-43(35)56)55-47(54-41)57-44-36(20-11-27-51-44)37-21-12-28-52-45(37)57/h1-29H. The Bertz CT molecular complexity index is 3090. The van der Waals surface area contributed by atoms with Gasteiger partial charge in [-0.3, -0.25) is 0 Å². The van der Waals surface area contributed by atoms with Gasteiger partial charge in [0.15, 0.2) is 5.82 Å². The molecule has 9 heteroatoms. The highest BCUT2D eigenvalue weighted by molar-refractivity contribution is 6.07. The molecule has 1 aliphatic rings. The number of rotatable bonds is 5. The Labute approximate surface area is 325 Å². The van der Waals surface area contributed by atoms with Crippen LogP contribution in [0.5, 0.6) is 0 Å². The Morgan fingerprint density at radius 1 is 0.368 bits per heavy atom. The van der Waals surface area contributed by atoms with Gasteiger partial charge in [-0.1, -0.05) is 97.1 Å². The van der Waals surface area contributed by atoms with Gasteiger partial charge in [0.05, 0.1) is 5.41 Å². The van der Waals surface area contributed by atoms with E-state index in [1.54, 1.807) is 24.8 Å². The second-order valence-corrected chi connectivity index (χ2v) is 14.2. The third kappa shape index (κ3) is 4.42. The normalized spacial score (nSPS) is 13.1. The van der Waals surface area contributed by atoms with Gasteiger partial charge in [0, 0.05) is 51.9 Å². The number of aromatic nitrogens is 9. The molecule has 0 saturated heterocycles. The van der Waals surface area contributed by atoms with Crippen LogP contribution in [0.15, 0.2) is 176 Å². The Morgan fingerprint density at radius 3 is 1.30 bits per heavy atom. The lowest BCUT2D eigenvalue weighted by molar-refractivity contribution is 0.768. The molecule has 0 bridgehead atoms. The first kappa shape index (κ1) is 31.4. The lowest BCUT2D eigenvalue weighted by Gasteiger charge is -2.33. The molecule has 4 aromatic carbocycles. The van der Waals surface area contributed by atoms with Gasteiger partial charge in [-0.2, -0.15) is 15.0 Å². The molecule has 9 nitrogen and oxygen atoms in total. The first-order valence-corrected chi connectivity index (χ1v) is 18.8. The predicted molar refractivity (Wildman–Crippen MR) is 222 cm³/mol. The molecule has 0 radical (unpaired) electrons. The zero-order valence-electron chi connectivity index (χ0n) is 30.3. The molecular formula is C48H29N9. The van der Waals surface area contributed by atoms with Crippen LogP contribution < -0.4 is 0 Å². The van der Waals surface area contributed by atoms with Crippen molar-refractivity contribution in [1.29, 1.82) is 0 Å². The van der Waals surface area contributed by atoms with Crippen LogP contribution in [-0.2, 0) is 5.41 Å². The van der Waals surface area contributed by atoms with E-state index in [0.717, 1.165) is 32.7 Å². The molecule has 0 spiro atoms. The summed E-state index contributed by atoms with van der Waals surface area (Å²) in [7, 11) is 0. The van der Waals surface area contributed by atoms with Crippen molar-refractivity contribution in [3.63, 3.8) is 0 Å². The summed E-state index contributed by atoms with van der Waals surface area (Å²) < 4.78 is 3.85. The molecule has 0 aliphatic heterocycles. The number of hydrogen-bond donors (Lipinski definition) is 0. The van der Waals surface area contributed by atoms with Gasteiger partial charge in [0.1, 0.15) is 22.6 Å². The lowest BCUT2D eigenvalue weighted by Crippen LogP contribution is -2.28. The van der Waals surface area contributed by atoms with E-state index in [-0.39, 0.29) is 0 Å². The monoisotopic (exact) mass is 731 g/mol. The average molecular weight is 732 g/mol. The summed E-state index contributed by atoms with van der Waals surface area (Å²) in [5.41, 5.74) is 10.3. The molecular weight excluding hydrogens is 703 g/mol. The van der Waals surface area contributed by atoms with E-state index >= 15 is 0 Å². The van der Waals surface area contributed by atoms with E-state index in [1.807, 2.05) is 33.4 Å². The van der Waals surface area contributed by atoms with Crippen LogP contribution in [-0.4, -0.2) is 44.0 Å². The van der Waals surface area contributed by atoms with Gasteiger partial charge in [-0.25, -0.2) is 29.1 Å². The van der Waals surface area contributed by atoms with Crippen LogP contribution in [0.4, 0.5) is 0 Å². The molecule has 0 amide bonds. The Kier molecular flexibility index (Phi) is 6.64. The first-order chi connectivity index (χ1) is 28.3. The highest BCUT2D eigenvalue weighted by atomic mass is 15.3. The van der Waals surface area contributed by atoms with E-state index < -0.39 is 5.41 Å². The molecule has 0 unspecified atom stereocenters. The minimum atomic E-state index is -0.525. The minimum absolute atomic E-state index is 0.387.